The van der Waals surface area contributed by atoms with Crippen molar-refractivity contribution < 1.29 is 0 Å². The number of anilines is 6. The molecule has 0 atom stereocenters. The Morgan fingerprint density at radius 1 is 0.279 bits per heavy atom. The number of nitrogens with zero attached hydrogens (tertiary/aromatic N) is 5. The molecular formula is C63H41N5. The molecule has 9 aromatic carbocycles. The summed E-state index contributed by atoms with van der Waals surface area (Å²) in [6.45, 7) is 0. The van der Waals surface area contributed by atoms with Gasteiger partial charge in [-0.1, -0.05) is 158 Å². The van der Waals surface area contributed by atoms with Gasteiger partial charge in [-0.15, -0.1) is 0 Å². The van der Waals surface area contributed by atoms with Crippen molar-refractivity contribution in [3.8, 4) is 67.4 Å². The summed E-state index contributed by atoms with van der Waals surface area (Å²) in [4.78, 5) is 10.0. The highest BCUT2D eigenvalue weighted by atomic mass is 15.2. The quantitative estimate of drug-likeness (QED) is 0.173. The molecule has 14 rings (SSSR count). The number of hydrogen-bond donors (Lipinski definition) is 0. The molecule has 0 saturated heterocycles. The fraction of sp³-hybridized carbons (Fsp3) is 0. The Hall–Kier alpha value is -9.19. The van der Waals surface area contributed by atoms with Gasteiger partial charge in [0.05, 0.1) is 62.7 Å². The fourth-order valence-corrected chi connectivity index (χ4v) is 11.0. The first-order valence-corrected chi connectivity index (χ1v) is 23.2. The molecule has 3 aromatic heterocycles. The van der Waals surface area contributed by atoms with Gasteiger partial charge < -0.3 is 18.9 Å². The third-order valence-electron chi connectivity index (χ3n) is 13.8. The molecule has 0 N–H and O–H groups in total. The minimum absolute atomic E-state index is 0.911. The maximum absolute atomic E-state index is 5.21. The predicted octanol–water partition coefficient (Wildman–Crippen LogP) is 16.9. The van der Waals surface area contributed by atoms with Gasteiger partial charge in [-0.25, -0.2) is 0 Å². The lowest BCUT2D eigenvalue weighted by Crippen LogP contribution is -2.12. The smallest absolute Gasteiger partial charge is 0.0703 e. The van der Waals surface area contributed by atoms with Crippen LogP contribution in [0.5, 0.6) is 0 Å². The number of rotatable bonds is 5. The average molecular weight is 868 g/mol. The summed E-state index contributed by atoms with van der Waals surface area (Å²) in [6.07, 6.45) is 2.03. The monoisotopic (exact) mass is 867 g/mol. The summed E-state index contributed by atoms with van der Waals surface area (Å²) in [5.74, 6) is 0. The second-order valence-electron chi connectivity index (χ2n) is 17.5. The van der Waals surface area contributed by atoms with Crippen molar-refractivity contribution in [3.05, 3.63) is 249 Å². The molecule has 2 aliphatic rings. The fourth-order valence-electron chi connectivity index (χ4n) is 11.0. The van der Waals surface area contributed by atoms with Crippen LogP contribution in [0.4, 0.5) is 34.1 Å². The Kier molecular flexibility index (Phi) is 8.52. The van der Waals surface area contributed by atoms with Crippen molar-refractivity contribution in [2.75, 3.05) is 9.80 Å². The highest BCUT2D eigenvalue weighted by molar-refractivity contribution is 6.14. The maximum atomic E-state index is 5.21. The van der Waals surface area contributed by atoms with Crippen LogP contribution in [0.2, 0.25) is 0 Å². The van der Waals surface area contributed by atoms with Gasteiger partial charge in [0.1, 0.15) is 0 Å². The zero-order valence-electron chi connectivity index (χ0n) is 36.9. The summed E-state index contributed by atoms with van der Waals surface area (Å²) < 4.78 is 4.87. The van der Waals surface area contributed by atoms with Crippen LogP contribution in [0.15, 0.2) is 249 Å². The highest BCUT2D eigenvalue weighted by Gasteiger charge is 2.33. The Morgan fingerprint density at radius 3 is 1.13 bits per heavy atom. The lowest BCUT2D eigenvalue weighted by atomic mass is 9.98. The third-order valence-corrected chi connectivity index (χ3v) is 13.8. The van der Waals surface area contributed by atoms with Gasteiger partial charge >= 0.3 is 0 Å². The van der Waals surface area contributed by atoms with E-state index in [1.807, 2.05) is 6.20 Å². The molecule has 5 heteroatoms. The van der Waals surface area contributed by atoms with Crippen molar-refractivity contribution in [1.29, 1.82) is 0 Å². The SMILES string of the molecule is c1ccc(-n2c3c(c4ccccc42)-c2ccccc2N(c2ccc(-c4ccc(N5c6ccccc6-c6c(n(-c7ccccc7)c7ccccc67)-c6ccccc65)cn4)cc2)c2ccccc2-3)cc1. The lowest BCUT2D eigenvalue weighted by Gasteiger charge is -2.28. The highest BCUT2D eigenvalue weighted by Crippen LogP contribution is 2.56. The molecule has 0 aliphatic carbocycles. The van der Waals surface area contributed by atoms with E-state index in [1.165, 1.54) is 61.0 Å². The third kappa shape index (κ3) is 5.66. The second-order valence-corrected chi connectivity index (χ2v) is 17.5. The van der Waals surface area contributed by atoms with Gasteiger partial charge in [0.15, 0.2) is 0 Å². The van der Waals surface area contributed by atoms with E-state index in [9.17, 15) is 0 Å². The van der Waals surface area contributed by atoms with Crippen LogP contribution in [0.3, 0.4) is 0 Å². The van der Waals surface area contributed by atoms with Crippen LogP contribution in [-0.4, -0.2) is 14.1 Å². The second kappa shape index (κ2) is 15.2. The molecule has 5 nitrogen and oxygen atoms in total. The molecule has 318 valence electrons. The van der Waals surface area contributed by atoms with Crippen LogP contribution in [0.25, 0.3) is 89.2 Å². The van der Waals surface area contributed by atoms with Gasteiger partial charge in [0, 0.05) is 66.8 Å². The first kappa shape index (κ1) is 38.1. The zero-order valence-corrected chi connectivity index (χ0v) is 36.9. The minimum atomic E-state index is 0.911. The first-order valence-electron chi connectivity index (χ1n) is 23.2. The standard InChI is InChI=1S/C63H41N5/c1-3-19-43(20-4-1)67-56-31-15-9-25-49(56)60-47-23-7-13-29-54(47)65(58-33-17-11-27-51(58)62(60)67)45-37-35-42(36-38-45)53-40-39-46(41-64-53)66-55-30-14-8-24-48(55)61-50-26-10-16-32-57(50)68(44-21-5-2-6-22-44)63(61)52-28-12-18-34-59(52)66/h1-41H. The van der Waals surface area contributed by atoms with Gasteiger partial charge in [0.25, 0.3) is 0 Å². The Morgan fingerprint density at radius 2 is 0.662 bits per heavy atom. The van der Waals surface area contributed by atoms with E-state index in [-0.39, 0.29) is 0 Å². The molecule has 2 aliphatic heterocycles. The van der Waals surface area contributed by atoms with E-state index in [0.717, 1.165) is 62.3 Å². The molecule has 0 saturated carbocycles. The van der Waals surface area contributed by atoms with Crippen molar-refractivity contribution in [2.45, 2.75) is 0 Å². The van der Waals surface area contributed by atoms with E-state index in [0.29, 0.717) is 0 Å². The zero-order chi connectivity index (χ0) is 44.7. The average Bonchev–Trinajstić information content (AvgIpc) is 3.86. The van der Waals surface area contributed by atoms with Crippen LogP contribution in [0.1, 0.15) is 0 Å². The number of fused-ring (bicyclic) bond motifs is 14. The molecule has 0 spiro atoms. The summed E-state index contributed by atoms with van der Waals surface area (Å²) >= 11 is 0. The van der Waals surface area contributed by atoms with Crippen LogP contribution in [-0.2, 0) is 0 Å². The number of para-hydroxylation sites is 8. The van der Waals surface area contributed by atoms with Gasteiger partial charge in [-0.2, -0.15) is 0 Å². The van der Waals surface area contributed by atoms with Crippen molar-refractivity contribution >= 4 is 55.9 Å². The first-order chi connectivity index (χ1) is 33.8. The van der Waals surface area contributed by atoms with Crippen molar-refractivity contribution in [1.82, 2.24) is 14.1 Å². The molecular weight excluding hydrogens is 827 g/mol. The van der Waals surface area contributed by atoms with E-state index in [1.54, 1.807) is 0 Å². The van der Waals surface area contributed by atoms with E-state index in [4.69, 9.17) is 4.98 Å². The predicted molar refractivity (Wildman–Crippen MR) is 282 cm³/mol. The molecule has 0 fully saturated rings. The summed E-state index contributed by atoms with van der Waals surface area (Å²) in [7, 11) is 0. The minimum Gasteiger partial charge on any atom is -0.309 e. The normalized spacial score (nSPS) is 12.4. The van der Waals surface area contributed by atoms with E-state index < -0.39 is 0 Å². The van der Waals surface area contributed by atoms with Crippen LogP contribution < -0.4 is 9.80 Å². The van der Waals surface area contributed by atoms with Gasteiger partial charge in [0.2, 0.25) is 0 Å². The summed E-state index contributed by atoms with van der Waals surface area (Å²) in [5.41, 5.74) is 22.7. The lowest BCUT2D eigenvalue weighted by molar-refractivity contribution is 1.13. The van der Waals surface area contributed by atoms with Gasteiger partial charge in [-0.3, -0.25) is 4.98 Å². The van der Waals surface area contributed by atoms with Crippen molar-refractivity contribution in [3.63, 3.8) is 0 Å². The largest absolute Gasteiger partial charge is 0.309 e. The molecule has 0 radical (unpaired) electrons. The number of pyridine rings is 1. The number of benzene rings is 9. The number of aromatic nitrogens is 3. The molecule has 0 unspecified atom stereocenters. The van der Waals surface area contributed by atoms with E-state index in [2.05, 4.69) is 262 Å². The summed E-state index contributed by atoms with van der Waals surface area (Å²) in [6, 6.07) is 87.6. The summed E-state index contributed by atoms with van der Waals surface area (Å²) in [5, 5.41) is 2.45. The topological polar surface area (TPSA) is 29.2 Å². The molecule has 0 amide bonds. The van der Waals surface area contributed by atoms with Gasteiger partial charge in [-0.05, 0) is 84.9 Å². The molecule has 68 heavy (non-hydrogen) atoms. The molecule has 12 aromatic rings. The molecule has 0 bridgehead atoms. The van der Waals surface area contributed by atoms with Crippen LogP contribution in [0, 0.1) is 0 Å². The maximum Gasteiger partial charge on any atom is 0.0703 e. The van der Waals surface area contributed by atoms with E-state index >= 15 is 0 Å². The Labute approximate surface area is 394 Å². The van der Waals surface area contributed by atoms with Crippen molar-refractivity contribution in [2.24, 2.45) is 0 Å². The van der Waals surface area contributed by atoms with Crippen LogP contribution >= 0.6 is 0 Å². The Balaban J connectivity index is 0.871. The molecule has 5 heterocycles. The Bertz CT molecular complexity index is 3640. The number of hydrogen-bond acceptors (Lipinski definition) is 3.